The van der Waals surface area contributed by atoms with E-state index in [1.807, 2.05) is 17.8 Å². The molecule has 0 aliphatic heterocycles. The highest BCUT2D eigenvalue weighted by Crippen LogP contribution is 2.28. The first-order valence-electron chi connectivity index (χ1n) is 6.80. The molecular weight excluding hydrogens is 242 g/mol. The molecule has 1 aliphatic carbocycles. The molecule has 1 saturated carbocycles. The zero-order chi connectivity index (χ0) is 13.2. The first kappa shape index (κ1) is 12.3. The Hall–Kier alpha value is -1.69. The van der Waals surface area contributed by atoms with E-state index in [9.17, 15) is 0 Å². The van der Waals surface area contributed by atoms with Crippen molar-refractivity contribution in [2.45, 2.75) is 38.1 Å². The molecule has 0 amide bonds. The Morgan fingerprint density at radius 2 is 2.26 bits per heavy atom. The highest BCUT2D eigenvalue weighted by atomic mass is 16.5. The number of rotatable bonds is 4. The Morgan fingerprint density at radius 1 is 1.47 bits per heavy atom. The number of nitrogens with two attached hydrogens (primary N) is 1. The summed E-state index contributed by atoms with van der Waals surface area (Å²) in [7, 11) is 1.91. The minimum Gasteiger partial charge on any atom is -0.339 e. The van der Waals surface area contributed by atoms with Gasteiger partial charge in [0, 0.05) is 31.9 Å². The van der Waals surface area contributed by atoms with E-state index in [2.05, 4.69) is 15.1 Å². The first-order valence-corrected chi connectivity index (χ1v) is 6.80. The maximum atomic E-state index is 6.22. The summed E-state index contributed by atoms with van der Waals surface area (Å²) in [6.45, 7) is 0. The van der Waals surface area contributed by atoms with E-state index in [0.29, 0.717) is 29.9 Å². The van der Waals surface area contributed by atoms with Crippen LogP contribution < -0.4 is 5.73 Å². The predicted molar refractivity (Wildman–Crippen MR) is 70.1 cm³/mol. The molecule has 1 atom stereocenters. The molecule has 0 spiro atoms. The minimum absolute atomic E-state index is 0.122. The molecule has 0 radical (unpaired) electrons. The van der Waals surface area contributed by atoms with Crippen molar-refractivity contribution in [1.82, 2.24) is 19.7 Å². The number of hydrogen-bond donors (Lipinski definition) is 1. The molecule has 19 heavy (non-hydrogen) atoms. The van der Waals surface area contributed by atoms with Gasteiger partial charge in [-0.1, -0.05) is 18.0 Å². The molecule has 6 heteroatoms. The molecule has 0 aromatic carbocycles. The minimum atomic E-state index is 0.122. The molecule has 2 aromatic rings. The van der Waals surface area contributed by atoms with Crippen LogP contribution in [0.2, 0.25) is 0 Å². The van der Waals surface area contributed by atoms with E-state index >= 15 is 0 Å². The number of aromatic nitrogens is 4. The molecule has 102 valence electrons. The van der Waals surface area contributed by atoms with E-state index in [1.165, 1.54) is 25.7 Å². The standard InChI is InChI=1S/C13H19N5O/c1-18-7-6-15-13(18)12-16-11(19-17-12)8-10(14)9-4-2-3-5-9/h6-7,9-10H,2-5,8,14H2,1H3. The molecule has 1 fully saturated rings. The predicted octanol–water partition coefficient (Wildman–Crippen LogP) is 1.53. The van der Waals surface area contributed by atoms with Crippen LogP contribution in [0.25, 0.3) is 11.6 Å². The fourth-order valence-corrected chi connectivity index (χ4v) is 2.76. The lowest BCUT2D eigenvalue weighted by Crippen LogP contribution is -2.30. The Kier molecular flexibility index (Phi) is 3.33. The van der Waals surface area contributed by atoms with Gasteiger partial charge in [-0.25, -0.2) is 4.98 Å². The number of imidazole rings is 1. The SMILES string of the molecule is Cn1ccnc1-c1noc(CC(N)C2CCCC2)n1. The van der Waals surface area contributed by atoms with Gasteiger partial charge < -0.3 is 14.8 Å². The molecule has 2 N–H and O–H groups in total. The van der Waals surface area contributed by atoms with Crippen LogP contribution >= 0.6 is 0 Å². The van der Waals surface area contributed by atoms with Crippen LogP contribution in [-0.2, 0) is 13.5 Å². The van der Waals surface area contributed by atoms with Gasteiger partial charge in [-0.3, -0.25) is 0 Å². The third-order valence-electron chi connectivity index (χ3n) is 3.90. The van der Waals surface area contributed by atoms with Gasteiger partial charge in [0.25, 0.3) is 0 Å². The Morgan fingerprint density at radius 3 is 2.95 bits per heavy atom. The number of aryl methyl sites for hydroxylation is 1. The topological polar surface area (TPSA) is 82.8 Å². The lowest BCUT2D eigenvalue weighted by Gasteiger charge is -2.16. The summed E-state index contributed by atoms with van der Waals surface area (Å²) in [5.41, 5.74) is 6.22. The van der Waals surface area contributed by atoms with Crippen LogP contribution in [0.5, 0.6) is 0 Å². The van der Waals surface area contributed by atoms with Crippen LogP contribution in [0.15, 0.2) is 16.9 Å². The van der Waals surface area contributed by atoms with E-state index < -0.39 is 0 Å². The molecule has 1 unspecified atom stereocenters. The van der Waals surface area contributed by atoms with Crippen molar-refractivity contribution in [3.05, 3.63) is 18.3 Å². The van der Waals surface area contributed by atoms with Crippen molar-refractivity contribution in [2.24, 2.45) is 18.7 Å². The quantitative estimate of drug-likeness (QED) is 0.902. The molecular formula is C13H19N5O. The average molecular weight is 261 g/mol. The highest BCUT2D eigenvalue weighted by Gasteiger charge is 2.24. The summed E-state index contributed by atoms with van der Waals surface area (Å²) in [6, 6.07) is 0.122. The van der Waals surface area contributed by atoms with Crippen LogP contribution in [0.3, 0.4) is 0 Å². The maximum absolute atomic E-state index is 6.22. The van der Waals surface area contributed by atoms with Gasteiger partial charge in [-0.2, -0.15) is 4.98 Å². The summed E-state index contributed by atoms with van der Waals surface area (Å²) in [6.07, 6.45) is 9.26. The second-order valence-electron chi connectivity index (χ2n) is 5.29. The largest absolute Gasteiger partial charge is 0.339 e. The third-order valence-corrected chi connectivity index (χ3v) is 3.90. The molecule has 3 rings (SSSR count). The molecule has 2 heterocycles. The van der Waals surface area contributed by atoms with Crippen molar-refractivity contribution >= 4 is 0 Å². The lowest BCUT2D eigenvalue weighted by molar-refractivity contribution is 0.341. The van der Waals surface area contributed by atoms with E-state index in [4.69, 9.17) is 10.3 Å². The summed E-state index contributed by atoms with van der Waals surface area (Å²) in [4.78, 5) is 8.59. The monoisotopic (exact) mass is 261 g/mol. The summed E-state index contributed by atoms with van der Waals surface area (Å²) < 4.78 is 7.15. The molecule has 2 aromatic heterocycles. The van der Waals surface area contributed by atoms with E-state index in [0.717, 1.165) is 0 Å². The Balaban J connectivity index is 1.69. The van der Waals surface area contributed by atoms with Gasteiger partial charge in [0.05, 0.1) is 0 Å². The van der Waals surface area contributed by atoms with Crippen molar-refractivity contribution < 1.29 is 4.52 Å². The average Bonchev–Trinajstić information content (AvgIpc) is 3.08. The summed E-state index contributed by atoms with van der Waals surface area (Å²) in [5.74, 6) is 2.45. The molecule has 6 nitrogen and oxygen atoms in total. The summed E-state index contributed by atoms with van der Waals surface area (Å²) in [5, 5.41) is 3.97. The van der Waals surface area contributed by atoms with Gasteiger partial charge in [0.2, 0.25) is 11.7 Å². The van der Waals surface area contributed by atoms with E-state index in [-0.39, 0.29) is 6.04 Å². The number of nitrogens with zero attached hydrogens (tertiary/aromatic N) is 4. The van der Waals surface area contributed by atoms with Crippen LogP contribution in [-0.4, -0.2) is 25.7 Å². The fraction of sp³-hybridized carbons (Fsp3) is 0.615. The van der Waals surface area contributed by atoms with Gasteiger partial charge in [0.1, 0.15) is 0 Å². The van der Waals surface area contributed by atoms with E-state index in [1.54, 1.807) is 6.20 Å². The van der Waals surface area contributed by atoms with Gasteiger partial charge in [-0.15, -0.1) is 0 Å². The van der Waals surface area contributed by atoms with Crippen molar-refractivity contribution in [3.63, 3.8) is 0 Å². The van der Waals surface area contributed by atoms with Crippen LogP contribution in [0.4, 0.5) is 0 Å². The van der Waals surface area contributed by atoms with Gasteiger partial charge in [-0.05, 0) is 18.8 Å². The van der Waals surface area contributed by atoms with Crippen molar-refractivity contribution in [2.75, 3.05) is 0 Å². The van der Waals surface area contributed by atoms with Crippen LogP contribution in [0.1, 0.15) is 31.6 Å². The molecule has 1 aliphatic rings. The van der Waals surface area contributed by atoms with Crippen LogP contribution in [0, 0.1) is 5.92 Å². The van der Waals surface area contributed by atoms with Gasteiger partial charge in [0.15, 0.2) is 5.82 Å². The van der Waals surface area contributed by atoms with Crippen molar-refractivity contribution in [3.8, 4) is 11.6 Å². The second kappa shape index (κ2) is 5.13. The van der Waals surface area contributed by atoms with Gasteiger partial charge >= 0.3 is 0 Å². The molecule has 0 saturated heterocycles. The normalized spacial score (nSPS) is 18.0. The Bertz CT molecular complexity index is 541. The number of hydrogen-bond acceptors (Lipinski definition) is 5. The molecule has 0 bridgehead atoms. The zero-order valence-electron chi connectivity index (χ0n) is 11.1. The lowest BCUT2D eigenvalue weighted by atomic mass is 9.96. The zero-order valence-corrected chi connectivity index (χ0v) is 11.1. The first-order chi connectivity index (χ1) is 9.24. The Labute approximate surface area is 112 Å². The summed E-state index contributed by atoms with van der Waals surface area (Å²) >= 11 is 0. The third kappa shape index (κ3) is 2.53. The highest BCUT2D eigenvalue weighted by molar-refractivity contribution is 5.42. The maximum Gasteiger partial charge on any atom is 0.238 e. The fourth-order valence-electron chi connectivity index (χ4n) is 2.76. The van der Waals surface area contributed by atoms with Crippen molar-refractivity contribution in [1.29, 1.82) is 0 Å². The smallest absolute Gasteiger partial charge is 0.238 e. The second-order valence-corrected chi connectivity index (χ2v) is 5.29.